The lowest BCUT2D eigenvalue weighted by atomic mass is 9.85. The molecule has 2 atom stereocenters. The molecule has 98 valence electrons. The van der Waals surface area contributed by atoms with Gasteiger partial charge in [0.15, 0.2) is 5.58 Å². The van der Waals surface area contributed by atoms with Gasteiger partial charge in [0.1, 0.15) is 0 Å². The minimum atomic E-state index is -0.474. The van der Waals surface area contributed by atoms with Crippen molar-refractivity contribution in [2.45, 2.75) is 19.9 Å². The van der Waals surface area contributed by atoms with Crippen LogP contribution < -0.4 is 11.5 Å². The van der Waals surface area contributed by atoms with Crippen molar-refractivity contribution < 1.29 is 9.52 Å². The number of nitrogens with two attached hydrogens (primary N) is 1. The predicted molar refractivity (Wildman–Crippen MR) is 69.2 cm³/mol. The number of rotatable bonds is 4. The average Bonchev–Trinajstić information content (AvgIpc) is 2.68. The summed E-state index contributed by atoms with van der Waals surface area (Å²) < 4.78 is 4.94. The molecule has 0 aliphatic carbocycles. The number of H-pyrrole nitrogens is 1. The summed E-state index contributed by atoms with van der Waals surface area (Å²) in [6, 6.07) is 5.08. The Kier molecular flexibility index (Phi) is 3.54. The zero-order valence-electron chi connectivity index (χ0n) is 10.5. The number of aliphatic hydroxyl groups excluding tert-OH is 1. The van der Waals surface area contributed by atoms with E-state index in [2.05, 4.69) is 4.98 Å². The first kappa shape index (κ1) is 12.9. The number of oxazole rings is 1. The number of hydrogen-bond acceptors (Lipinski definition) is 4. The van der Waals surface area contributed by atoms with E-state index in [1.54, 1.807) is 12.1 Å². The third-order valence-electron chi connectivity index (χ3n) is 3.36. The second-order valence-electron chi connectivity index (χ2n) is 4.89. The van der Waals surface area contributed by atoms with Crippen LogP contribution in [0.3, 0.4) is 0 Å². The largest absolute Gasteiger partial charge is 0.417 e. The van der Waals surface area contributed by atoms with Crippen molar-refractivity contribution >= 4 is 11.1 Å². The van der Waals surface area contributed by atoms with Crippen LogP contribution in [0.15, 0.2) is 27.4 Å². The van der Waals surface area contributed by atoms with E-state index in [9.17, 15) is 9.90 Å². The van der Waals surface area contributed by atoms with Gasteiger partial charge in [-0.2, -0.15) is 0 Å². The predicted octanol–water partition coefficient (Wildman–Crippen LogP) is 1.39. The van der Waals surface area contributed by atoms with Crippen molar-refractivity contribution in [2.24, 2.45) is 17.6 Å². The van der Waals surface area contributed by atoms with Crippen LogP contribution in [0.4, 0.5) is 0 Å². The van der Waals surface area contributed by atoms with Crippen molar-refractivity contribution in [1.29, 1.82) is 0 Å². The molecular formula is C13H18N2O3. The molecule has 2 rings (SSSR count). The second-order valence-corrected chi connectivity index (χ2v) is 4.89. The topological polar surface area (TPSA) is 92.2 Å². The third-order valence-corrected chi connectivity index (χ3v) is 3.36. The Morgan fingerprint density at radius 1 is 1.44 bits per heavy atom. The van der Waals surface area contributed by atoms with Crippen LogP contribution in [0.25, 0.3) is 11.1 Å². The monoisotopic (exact) mass is 250 g/mol. The molecule has 1 aromatic carbocycles. The molecule has 0 spiro atoms. The highest BCUT2D eigenvalue weighted by Gasteiger charge is 2.22. The van der Waals surface area contributed by atoms with E-state index >= 15 is 0 Å². The number of aromatic nitrogens is 1. The number of hydrogen-bond donors (Lipinski definition) is 3. The molecule has 1 heterocycles. The molecule has 0 amide bonds. The molecule has 0 fully saturated rings. The first-order valence-corrected chi connectivity index (χ1v) is 6.02. The minimum absolute atomic E-state index is 0.0129. The molecule has 0 bridgehead atoms. The molecule has 0 aliphatic heterocycles. The lowest BCUT2D eigenvalue weighted by molar-refractivity contribution is 0.166. The number of aromatic amines is 1. The number of aliphatic hydroxyl groups is 1. The van der Waals surface area contributed by atoms with Crippen LogP contribution >= 0.6 is 0 Å². The van der Waals surface area contributed by atoms with Gasteiger partial charge in [0, 0.05) is 18.6 Å². The Bertz CT molecular complexity index is 585. The first-order chi connectivity index (χ1) is 8.52. The van der Waals surface area contributed by atoms with Crippen molar-refractivity contribution in [3.63, 3.8) is 0 Å². The van der Waals surface area contributed by atoms with Gasteiger partial charge in [-0.15, -0.1) is 0 Å². The molecule has 18 heavy (non-hydrogen) atoms. The molecule has 0 radical (unpaired) electrons. The van der Waals surface area contributed by atoms with Crippen LogP contribution in [0.1, 0.15) is 25.5 Å². The highest BCUT2D eigenvalue weighted by molar-refractivity contribution is 5.72. The normalized spacial score (nSPS) is 15.2. The minimum Gasteiger partial charge on any atom is -0.408 e. The van der Waals surface area contributed by atoms with Gasteiger partial charge in [0.2, 0.25) is 0 Å². The van der Waals surface area contributed by atoms with E-state index in [-0.39, 0.29) is 24.5 Å². The molecule has 2 aromatic rings. The van der Waals surface area contributed by atoms with Gasteiger partial charge in [0.05, 0.1) is 5.52 Å². The summed E-state index contributed by atoms with van der Waals surface area (Å²) >= 11 is 0. The molecule has 5 nitrogen and oxygen atoms in total. The standard InChI is InChI=1S/C13H18N2O3/c1-7(2)9(6-16)12(14)8-3-4-11-10(5-8)15-13(17)18-11/h3-5,7,9,12,16H,6,14H2,1-2H3,(H,15,17). The van der Waals surface area contributed by atoms with E-state index in [1.807, 2.05) is 19.9 Å². The maximum atomic E-state index is 11.1. The van der Waals surface area contributed by atoms with Gasteiger partial charge in [-0.25, -0.2) is 4.79 Å². The van der Waals surface area contributed by atoms with Crippen molar-refractivity contribution in [1.82, 2.24) is 4.98 Å². The molecular weight excluding hydrogens is 232 g/mol. The SMILES string of the molecule is CC(C)C(CO)C(N)c1ccc2oc(=O)[nH]c2c1. The maximum absolute atomic E-state index is 11.1. The van der Waals surface area contributed by atoms with Crippen molar-refractivity contribution in [3.8, 4) is 0 Å². The number of fused-ring (bicyclic) bond motifs is 1. The van der Waals surface area contributed by atoms with Crippen molar-refractivity contribution in [2.75, 3.05) is 6.61 Å². The van der Waals surface area contributed by atoms with Crippen LogP contribution in [-0.4, -0.2) is 16.7 Å². The fourth-order valence-electron chi connectivity index (χ4n) is 2.16. The van der Waals surface area contributed by atoms with Crippen LogP contribution in [-0.2, 0) is 0 Å². The Morgan fingerprint density at radius 2 is 2.17 bits per heavy atom. The molecule has 5 heteroatoms. The summed E-state index contributed by atoms with van der Waals surface area (Å²) in [4.78, 5) is 13.7. The first-order valence-electron chi connectivity index (χ1n) is 6.02. The van der Waals surface area contributed by atoms with Crippen molar-refractivity contribution in [3.05, 3.63) is 34.3 Å². The zero-order chi connectivity index (χ0) is 13.3. The average molecular weight is 250 g/mol. The summed E-state index contributed by atoms with van der Waals surface area (Å²) in [6.45, 7) is 4.09. The summed E-state index contributed by atoms with van der Waals surface area (Å²) in [6.07, 6.45) is 0. The lowest BCUT2D eigenvalue weighted by Crippen LogP contribution is -2.28. The quantitative estimate of drug-likeness (QED) is 0.764. The molecule has 1 aromatic heterocycles. The summed E-state index contributed by atoms with van der Waals surface area (Å²) in [5, 5.41) is 9.39. The molecule has 4 N–H and O–H groups in total. The van der Waals surface area contributed by atoms with E-state index < -0.39 is 5.76 Å². The van der Waals surface area contributed by atoms with Gasteiger partial charge < -0.3 is 15.3 Å². The lowest BCUT2D eigenvalue weighted by Gasteiger charge is -2.25. The summed E-state index contributed by atoms with van der Waals surface area (Å²) in [5.41, 5.74) is 8.20. The highest BCUT2D eigenvalue weighted by Crippen LogP contribution is 2.27. The molecule has 0 aliphatic rings. The van der Waals surface area contributed by atoms with Crippen LogP contribution in [0, 0.1) is 11.8 Å². The maximum Gasteiger partial charge on any atom is 0.417 e. The second kappa shape index (κ2) is 4.96. The summed E-state index contributed by atoms with van der Waals surface area (Å²) in [7, 11) is 0. The summed E-state index contributed by atoms with van der Waals surface area (Å²) in [5.74, 6) is -0.205. The Morgan fingerprint density at radius 3 is 2.78 bits per heavy atom. The third kappa shape index (κ3) is 2.32. The van der Waals surface area contributed by atoms with E-state index in [4.69, 9.17) is 10.2 Å². The van der Waals surface area contributed by atoms with Gasteiger partial charge in [-0.05, 0) is 23.6 Å². The molecule has 0 saturated carbocycles. The highest BCUT2D eigenvalue weighted by atomic mass is 16.4. The molecule has 0 saturated heterocycles. The van der Waals surface area contributed by atoms with Gasteiger partial charge in [-0.1, -0.05) is 19.9 Å². The zero-order valence-corrected chi connectivity index (χ0v) is 10.5. The van der Waals surface area contributed by atoms with Gasteiger partial charge in [0.25, 0.3) is 0 Å². The van der Waals surface area contributed by atoms with Crippen LogP contribution in [0.5, 0.6) is 0 Å². The Hall–Kier alpha value is -1.59. The fraction of sp³-hybridized carbons (Fsp3) is 0.462. The van der Waals surface area contributed by atoms with E-state index in [0.29, 0.717) is 11.1 Å². The van der Waals surface area contributed by atoms with Gasteiger partial charge in [-0.3, -0.25) is 4.98 Å². The van der Waals surface area contributed by atoms with E-state index in [0.717, 1.165) is 5.56 Å². The number of nitrogens with one attached hydrogen (secondary N) is 1. The smallest absolute Gasteiger partial charge is 0.408 e. The molecule has 2 unspecified atom stereocenters. The van der Waals surface area contributed by atoms with E-state index in [1.165, 1.54) is 0 Å². The Labute approximate surface area is 105 Å². The van der Waals surface area contributed by atoms with Gasteiger partial charge >= 0.3 is 5.76 Å². The number of benzene rings is 1. The Balaban J connectivity index is 2.37. The fourth-order valence-corrected chi connectivity index (χ4v) is 2.16. The van der Waals surface area contributed by atoms with Crippen LogP contribution in [0.2, 0.25) is 0 Å².